The van der Waals surface area contributed by atoms with Crippen molar-refractivity contribution in [3.8, 4) is 6.26 Å². The van der Waals surface area contributed by atoms with E-state index in [4.69, 9.17) is 5.26 Å². The quantitative estimate of drug-likeness (QED) is 0.360. The Morgan fingerprint density at radius 1 is 2.00 bits per heavy atom. The average Bonchev–Trinajstić information content (AvgIpc) is 1.41. The normalized spacial score (nSPS) is 4.60. The molecule has 0 aromatic rings. The number of hydrogen-bond acceptors (Lipinski definition) is 2. The molecular weight excluding hydrogens is 133 g/mol. The van der Waals surface area contributed by atoms with Gasteiger partial charge in [-0.2, -0.15) is 0 Å². The molecule has 27 valence electrons. The minimum absolute atomic E-state index is 0.186. The molecule has 0 atom stereocenters. The minimum atomic E-state index is -0.186. The molecule has 0 aromatic heterocycles. The van der Waals surface area contributed by atoms with Crippen molar-refractivity contribution in [2.24, 2.45) is 0 Å². The zero-order valence-electron chi connectivity index (χ0n) is 2.47. The summed E-state index contributed by atoms with van der Waals surface area (Å²) in [7, 11) is 0. The molecule has 2 nitrogen and oxygen atoms in total. The first kappa shape index (κ1) is 4.68. The van der Waals surface area contributed by atoms with Crippen LogP contribution in [0, 0.1) is 11.5 Å². The van der Waals surface area contributed by atoms with Gasteiger partial charge in [-0.1, -0.05) is 0 Å². The van der Waals surface area contributed by atoms with E-state index in [-0.39, 0.29) is 14.8 Å². The van der Waals surface area contributed by atoms with Crippen molar-refractivity contribution < 1.29 is 3.82 Å². The first-order valence-electron chi connectivity index (χ1n) is 0.883. The molecule has 0 aliphatic carbocycles. The van der Waals surface area contributed by atoms with E-state index in [1.165, 1.54) is 6.26 Å². The summed E-state index contributed by atoms with van der Waals surface area (Å²) in [6.07, 6.45) is 1.48. The van der Waals surface area contributed by atoms with Crippen LogP contribution in [0.5, 0.6) is 0 Å². The van der Waals surface area contributed by atoms with Crippen LogP contribution in [0.2, 0.25) is 0 Å². The summed E-state index contributed by atoms with van der Waals surface area (Å²) in [6.45, 7) is 0. The average molecular weight is 135 g/mol. The van der Waals surface area contributed by atoms with Crippen molar-refractivity contribution in [3.63, 3.8) is 0 Å². The summed E-state index contributed by atoms with van der Waals surface area (Å²) in [4.78, 5) is 0. The predicted molar refractivity (Wildman–Crippen MR) is 19.6 cm³/mol. The Bertz CT molecular complexity index is 64.5. The van der Waals surface area contributed by atoms with Crippen LogP contribution in [0.3, 0.4) is 0 Å². The third-order valence-corrected chi connectivity index (χ3v) is 0.500. The van der Waals surface area contributed by atoms with E-state index < -0.39 is 0 Å². The third-order valence-electron chi connectivity index (χ3n) is 0.0962. The molecule has 5 heavy (non-hydrogen) atoms. The number of rotatable bonds is 1. The molecule has 0 unspecified atom stereocenters. The Morgan fingerprint density at radius 3 is 2.60 bits per heavy atom. The van der Waals surface area contributed by atoms with Crippen LogP contribution in [-0.2, 0) is 3.82 Å². The number of nitriles is 1. The van der Waals surface area contributed by atoms with Crippen molar-refractivity contribution in [2.75, 3.05) is 0 Å². The van der Waals surface area contributed by atoms with Crippen LogP contribution in [0.1, 0.15) is 0 Å². The first-order chi connectivity index (χ1) is 2.41. The van der Waals surface area contributed by atoms with Gasteiger partial charge in [0.05, 0.1) is 0 Å². The molecule has 0 heterocycles. The Hall–Kier alpha value is -0.321. The molecule has 0 spiro atoms. The third kappa shape index (κ3) is 3.68. The van der Waals surface area contributed by atoms with Gasteiger partial charge in [-0.05, 0) is 0 Å². The van der Waals surface area contributed by atoms with Crippen LogP contribution in [-0.4, -0.2) is 20.3 Å². The zero-order chi connectivity index (χ0) is 4.12. The molecule has 3 heteroatoms. The molecule has 0 rings (SSSR count). The molecule has 0 aliphatic rings. The van der Waals surface area contributed by atoms with Crippen LogP contribution in [0.15, 0.2) is 0 Å². The van der Waals surface area contributed by atoms with E-state index in [2.05, 4.69) is 9.24 Å². The monoisotopic (exact) mass is 136 g/mol. The van der Waals surface area contributed by atoms with E-state index in [0.717, 1.165) is 0 Å². The fraction of sp³-hybridized carbons (Fsp3) is 0. The van der Waals surface area contributed by atoms with Crippen molar-refractivity contribution >= 4 is 20.3 Å². The molecule has 0 bridgehead atoms. The molecule has 0 saturated heterocycles. The molecule has 0 fully saturated rings. The molecule has 0 saturated carbocycles. The summed E-state index contributed by atoms with van der Waals surface area (Å²) in [5.74, 6) is 0. The molecule has 0 N–H and O–H groups in total. The summed E-state index contributed by atoms with van der Waals surface area (Å²) in [5.41, 5.74) is 3.29. The van der Waals surface area contributed by atoms with Gasteiger partial charge in [-0.25, -0.2) is 0 Å². The summed E-state index contributed by atoms with van der Waals surface area (Å²) < 4.78 is 4.09. The van der Waals surface area contributed by atoms with Gasteiger partial charge in [0.2, 0.25) is 0 Å². The fourth-order valence-corrected chi connectivity index (χ4v) is 0.137. The summed E-state index contributed by atoms with van der Waals surface area (Å²) in [5, 5.41) is 7.57. The van der Waals surface area contributed by atoms with Gasteiger partial charge in [0.15, 0.2) is 0 Å². The summed E-state index contributed by atoms with van der Waals surface area (Å²) >= 11 is -0.186. The zero-order valence-corrected chi connectivity index (χ0v) is 4.18. The van der Waals surface area contributed by atoms with Crippen molar-refractivity contribution in [3.05, 3.63) is 0 Å². The number of nitrogens with zero attached hydrogens (tertiary/aromatic N) is 1. The van der Waals surface area contributed by atoms with E-state index in [1.807, 2.05) is 0 Å². The van der Waals surface area contributed by atoms with Crippen molar-refractivity contribution in [1.82, 2.24) is 0 Å². The molecule has 0 aromatic carbocycles. The van der Waals surface area contributed by atoms with Gasteiger partial charge in [0.25, 0.3) is 0 Å². The van der Waals surface area contributed by atoms with Crippen LogP contribution >= 0.6 is 0 Å². The van der Waals surface area contributed by atoms with E-state index >= 15 is 0 Å². The second-order valence-electron chi connectivity index (χ2n) is 0.292. The fourth-order valence-electron chi connectivity index (χ4n) is 0.0264. The van der Waals surface area contributed by atoms with Gasteiger partial charge in [-0.15, -0.1) is 0 Å². The first-order valence-corrected chi connectivity index (χ1v) is 2.79. The van der Waals surface area contributed by atoms with Crippen LogP contribution in [0.25, 0.3) is 0 Å². The van der Waals surface area contributed by atoms with Crippen molar-refractivity contribution in [2.45, 2.75) is 0 Å². The van der Waals surface area contributed by atoms with E-state index in [9.17, 15) is 0 Å². The second kappa shape index (κ2) is 3.68. The SMILES string of the molecule is C=[Se]OC#N. The summed E-state index contributed by atoms with van der Waals surface area (Å²) in [6, 6.07) is 0. The Morgan fingerprint density at radius 2 is 2.60 bits per heavy atom. The molecule has 0 amide bonds. The Balaban J connectivity index is 2.75. The maximum absolute atomic E-state index is 7.57. The van der Waals surface area contributed by atoms with E-state index in [0.29, 0.717) is 0 Å². The van der Waals surface area contributed by atoms with E-state index in [1.54, 1.807) is 0 Å². The van der Waals surface area contributed by atoms with Gasteiger partial charge >= 0.3 is 35.6 Å². The van der Waals surface area contributed by atoms with Gasteiger partial charge < -0.3 is 0 Å². The molecular formula is C2H2NOSe. The Kier molecular flexibility index (Phi) is 3.44. The predicted octanol–water partition coefficient (Wildman–Crippen LogP) is -0.465. The molecule has 0 aliphatic heterocycles. The van der Waals surface area contributed by atoms with Crippen molar-refractivity contribution in [1.29, 1.82) is 5.26 Å². The standard InChI is InChI=1S/C2H2NOSe/c1-5-4-2-3/h1H2. The number of hydrogen-bond donors (Lipinski definition) is 0. The maximum atomic E-state index is 7.57. The van der Waals surface area contributed by atoms with Gasteiger partial charge in [0.1, 0.15) is 0 Å². The molecule has 1 radical (unpaired) electrons. The Labute approximate surface area is 36.4 Å². The van der Waals surface area contributed by atoms with Crippen LogP contribution in [0.4, 0.5) is 0 Å². The van der Waals surface area contributed by atoms with Gasteiger partial charge in [-0.3, -0.25) is 0 Å². The van der Waals surface area contributed by atoms with Gasteiger partial charge in [0, 0.05) is 0 Å². The second-order valence-corrected chi connectivity index (χ2v) is 1.14. The topological polar surface area (TPSA) is 33.0 Å². The van der Waals surface area contributed by atoms with Crippen LogP contribution < -0.4 is 0 Å².